The molecule has 2 aromatic carbocycles. The van der Waals surface area contributed by atoms with E-state index in [1.807, 2.05) is 0 Å². The fourth-order valence-corrected chi connectivity index (χ4v) is 2.73. The molecule has 3 N–H and O–H groups in total. The number of hydrogen-bond acceptors (Lipinski definition) is 3. The molecule has 0 aliphatic rings. The summed E-state index contributed by atoms with van der Waals surface area (Å²) in [6.45, 7) is 1.26. The number of rotatable bonds is 5. The molecule has 0 radical (unpaired) electrons. The van der Waals surface area contributed by atoms with Gasteiger partial charge in [0.05, 0.1) is 0 Å². The molecule has 0 bridgehead atoms. The number of nitrogens with one attached hydrogen (secondary N) is 1. The van der Waals surface area contributed by atoms with E-state index in [1.165, 1.54) is 31.2 Å². The van der Waals surface area contributed by atoms with Gasteiger partial charge in [0.2, 0.25) is 0 Å². The summed E-state index contributed by atoms with van der Waals surface area (Å²) in [6, 6.07) is 8.14. The SMILES string of the molecule is CC(Nc1ccc(C(O)(C(F)(F)F)C(F)(F)F)cc1)(C(=O)O)c1ccc(Cl)cc1. The molecule has 0 aromatic heterocycles. The van der Waals surface area contributed by atoms with Crippen LogP contribution in [0.5, 0.6) is 0 Å². The molecule has 0 fully saturated rings. The second-order valence-electron chi connectivity index (χ2n) is 6.35. The Balaban J connectivity index is 2.43. The lowest BCUT2D eigenvalue weighted by molar-refractivity contribution is -0.376. The molecule has 11 heteroatoms. The average Bonchev–Trinajstić information content (AvgIpc) is 2.60. The van der Waals surface area contributed by atoms with Gasteiger partial charge in [0.15, 0.2) is 5.54 Å². The minimum Gasteiger partial charge on any atom is -0.479 e. The van der Waals surface area contributed by atoms with E-state index in [-0.39, 0.29) is 11.3 Å². The maximum absolute atomic E-state index is 12.9. The van der Waals surface area contributed by atoms with Gasteiger partial charge in [-0.05, 0) is 36.8 Å². The number of halogens is 7. The van der Waals surface area contributed by atoms with Crippen molar-refractivity contribution in [2.45, 2.75) is 30.4 Å². The fourth-order valence-electron chi connectivity index (χ4n) is 2.60. The van der Waals surface area contributed by atoms with Crippen LogP contribution < -0.4 is 5.32 Å². The number of hydrogen-bond donors (Lipinski definition) is 3. The number of aliphatic hydroxyl groups is 1. The Kier molecular flexibility index (Phi) is 5.84. The van der Waals surface area contributed by atoms with E-state index < -0.39 is 35.0 Å². The number of carboxylic acids is 1. The van der Waals surface area contributed by atoms with Crippen molar-refractivity contribution < 1.29 is 41.4 Å². The van der Waals surface area contributed by atoms with Crippen LogP contribution in [0.15, 0.2) is 48.5 Å². The maximum atomic E-state index is 12.9. The number of alkyl halides is 6. The Labute approximate surface area is 165 Å². The molecule has 29 heavy (non-hydrogen) atoms. The summed E-state index contributed by atoms with van der Waals surface area (Å²) < 4.78 is 77.7. The van der Waals surface area contributed by atoms with Gasteiger partial charge in [-0.2, -0.15) is 26.3 Å². The summed E-state index contributed by atoms with van der Waals surface area (Å²) >= 11 is 5.76. The first-order valence-corrected chi connectivity index (χ1v) is 8.24. The zero-order chi connectivity index (χ0) is 22.3. The van der Waals surface area contributed by atoms with E-state index in [4.69, 9.17) is 11.6 Å². The normalized spacial score (nSPS) is 14.9. The predicted molar refractivity (Wildman–Crippen MR) is 92.5 cm³/mol. The monoisotopic (exact) mass is 441 g/mol. The summed E-state index contributed by atoms with van der Waals surface area (Å²) in [5.74, 6) is -1.36. The molecule has 1 unspecified atom stereocenters. The van der Waals surface area contributed by atoms with Crippen LogP contribution in [0.1, 0.15) is 18.1 Å². The zero-order valence-corrected chi connectivity index (χ0v) is 15.3. The lowest BCUT2D eigenvalue weighted by Crippen LogP contribution is -2.53. The van der Waals surface area contributed by atoms with Crippen molar-refractivity contribution in [3.63, 3.8) is 0 Å². The topological polar surface area (TPSA) is 69.6 Å². The molecule has 2 rings (SSSR count). The number of anilines is 1. The van der Waals surface area contributed by atoms with Crippen molar-refractivity contribution in [2.24, 2.45) is 0 Å². The van der Waals surface area contributed by atoms with Crippen LogP contribution in [-0.4, -0.2) is 28.5 Å². The highest BCUT2D eigenvalue weighted by atomic mass is 35.5. The van der Waals surface area contributed by atoms with Crippen LogP contribution >= 0.6 is 11.6 Å². The van der Waals surface area contributed by atoms with Gasteiger partial charge in [0.1, 0.15) is 0 Å². The molecule has 0 spiro atoms. The number of carboxylic acid groups (broad SMARTS) is 1. The highest BCUT2D eigenvalue weighted by Crippen LogP contribution is 2.50. The lowest BCUT2D eigenvalue weighted by atomic mass is 9.90. The van der Waals surface area contributed by atoms with Crippen LogP contribution in [0.25, 0.3) is 0 Å². The molecule has 0 saturated carbocycles. The van der Waals surface area contributed by atoms with E-state index in [0.29, 0.717) is 17.2 Å². The fraction of sp³-hybridized carbons (Fsp3) is 0.278. The van der Waals surface area contributed by atoms with Gasteiger partial charge >= 0.3 is 18.3 Å². The van der Waals surface area contributed by atoms with Crippen LogP contribution in [0.3, 0.4) is 0 Å². The van der Waals surface area contributed by atoms with Crippen LogP contribution in [-0.2, 0) is 15.9 Å². The molecule has 0 aliphatic heterocycles. The van der Waals surface area contributed by atoms with Crippen molar-refractivity contribution in [3.05, 3.63) is 64.7 Å². The molecule has 0 amide bonds. The molecule has 158 valence electrons. The molecule has 0 heterocycles. The summed E-state index contributed by atoms with van der Waals surface area (Å²) in [5.41, 5.74) is -8.13. The van der Waals surface area contributed by atoms with Crippen LogP contribution in [0, 0.1) is 0 Å². The Hall–Kier alpha value is -2.46. The van der Waals surface area contributed by atoms with Gasteiger partial charge in [0.25, 0.3) is 5.60 Å². The molecule has 4 nitrogen and oxygen atoms in total. The number of benzene rings is 2. The van der Waals surface area contributed by atoms with Crippen molar-refractivity contribution in [1.82, 2.24) is 0 Å². The largest absolute Gasteiger partial charge is 0.479 e. The third kappa shape index (κ3) is 4.13. The van der Waals surface area contributed by atoms with Crippen molar-refractivity contribution >= 4 is 23.3 Å². The Bertz CT molecular complexity index is 866. The van der Waals surface area contributed by atoms with E-state index in [2.05, 4.69) is 5.32 Å². The van der Waals surface area contributed by atoms with Gasteiger partial charge in [-0.1, -0.05) is 35.9 Å². The third-order valence-electron chi connectivity index (χ3n) is 4.37. The van der Waals surface area contributed by atoms with Gasteiger partial charge < -0.3 is 15.5 Å². The van der Waals surface area contributed by atoms with Crippen LogP contribution in [0.4, 0.5) is 32.0 Å². The minimum absolute atomic E-state index is 0.0831. The van der Waals surface area contributed by atoms with Gasteiger partial charge in [-0.3, -0.25) is 0 Å². The molecule has 0 saturated heterocycles. The Morgan fingerprint density at radius 2 is 1.28 bits per heavy atom. The molecule has 2 aromatic rings. The van der Waals surface area contributed by atoms with Crippen molar-refractivity contribution in [3.8, 4) is 0 Å². The van der Waals surface area contributed by atoms with Crippen LogP contribution in [0.2, 0.25) is 5.02 Å². The third-order valence-corrected chi connectivity index (χ3v) is 4.62. The number of aliphatic carboxylic acids is 1. The molecular weight excluding hydrogens is 428 g/mol. The van der Waals surface area contributed by atoms with Crippen molar-refractivity contribution in [1.29, 1.82) is 0 Å². The van der Waals surface area contributed by atoms with Gasteiger partial charge in [-0.25, -0.2) is 4.79 Å². The lowest BCUT2D eigenvalue weighted by Gasteiger charge is -2.33. The van der Waals surface area contributed by atoms with Crippen molar-refractivity contribution in [2.75, 3.05) is 5.32 Å². The standard InChI is InChI=1S/C18H14ClF6NO3/c1-15(14(27)28,10-2-6-12(19)7-3-10)26-13-8-4-11(5-9-13)16(29,17(20,21)22)18(23,24)25/h2-9,26,29H,1H3,(H,27,28). The van der Waals surface area contributed by atoms with Gasteiger partial charge in [0, 0.05) is 16.3 Å². The Morgan fingerprint density at radius 3 is 1.66 bits per heavy atom. The quantitative estimate of drug-likeness (QED) is 0.567. The molecular formula is C18H14ClF6NO3. The average molecular weight is 442 g/mol. The maximum Gasteiger partial charge on any atom is 0.430 e. The first-order valence-electron chi connectivity index (χ1n) is 7.87. The number of carbonyl (C=O) groups is 1. The second-order valence-corrected chi connectivity index (χ2v) is 6.78. The van der Waals surface area contributed by atoms with E-state index in [1.54, 1.807) is 0 Å². The highest BCUT2D eigenvalue weighted by molar-refractivity contribution is 6.30. The summed E-state index contributed by atoms with van der Waals surface area (Å²) in [6.07, 6.45) is -12.0. The first-order chi connectivity index (χ1) is 13.1. The second kappa shape index (κ2) is 7.42. The predicted octanol–water partition coefficient (Wildman–Crippen LogP) is 5.06. The summed E-state index contributed by atoms with van der Waals surface area (Å²) in [5, 5.41) is 21.9. The summed E-state index contributed by atoms with van der Waals surface area (Å²) in [4.78, 5) is 11.8. The molecule has 0 aliphatic carbocycles. The first kappa shape index (κ1) is 22.8. The van der Waals surface area contributed by atoms with E-state index >= 15 is 0 Å². The molecule has 1 atom stereocenters. The van der Waals surface area contributed by atoms with E-state index in [9.17, 15) is 41.4 Å². The highest BCUT2D eigenvalue weighted by Gasteiger charge is 2.71. The van der Waals surface area contributed by atoms with E-state index in [0.717, 1.165) is 12.1 Å². The smallest absolute Gasteiger partial charge is 0.430 e. The minimum atomic E-state index is -6.01. The summed E-state index contributed by atoms with van der Waals surface area (Å²) in [7, 11) is 0. The van der Waals surface area contributed by atoms with Gasteiger partial charge in [-0.15, -0.1) is 0 Å². The Morgan fingerprint density at radius 1 is 0.862 bits per heavy atom. The zero-order valence-electron chi connectivity index (χ0n) is 14.6.